The fraction of sp³-hybridized carbons (Fsp3) is 0.962. The monoisotopic (exact) mass is 477 g/mol. The number of hydrogen-bond acceptors (Lipinski definition) is 7. The Morgan fingerprint density at radius 2 is 1.76 bits per heavy atom. The summed E-state index contributed by atoms with van der Waals surface area (Å²) in [6.07, 6.45) is 10.4. The number of piperidine rings is 1. The van der Waals surface area contributed by atoms with Crippen LogP contribution in [0, 0.1) is 17.8 Å². The van der Waals surface area contributed by atoms with Crippen molar-refractivity contribution < 1.29 is 14.6 Å². The molecule has 0 aromatic carbocycles. The van der Waals surface area contributed by atoms with E-state index in [1.165, 1.54) is 25.7 Å². The first-order valence-corrected chi connectivity index (χ1v) is 14.0. The number of amides is 1. The van der Waals surface area contributed by atoms with Crippen LogP contribution >= 0.6 is 0 Å². The maximum Gasteiger partial charge on any atom is 0.225 e. The van der Waals surface area contributed by atoms with Crippen molar-refractivity contribution in [2.45, 2.75) is 101 Å². The Bertz CT molecular complexity index is 679. The lowest BCUT2D eigenvalue weighted by Gasteiger charge is -2.45. The summed E-state index contributed by atoms with van der Waals surface area (Å²) in [5.74, 6) is 1.63. The zero-order valence-electron chi connectivity index (χ0n) is 21.3. The van der Waals surface area contributed by atoms with Crippen molar-refractivity contribution in [2.75, 3.05) is 39.8 Å². The molecule has 0 bridgehead atoms. The summed E-state index contributed by atoms with van der Waals surface area (Å²) in [5.41, 5.74) is 0. The van der Waals surface area contributed by atoms with Gasteiger partial charge in [0.25, 0.3) is 0 Å². The van der Waals surface area contributed by atoms with Crippen molar-refractivity contribution in [3.63, 3.8) is 0 Å². The van der Waals surface area contributed by atoms with Crippen LogP contribution in [0.5, 0.6) is 0 Å². The summed E-state index contributed by atoms with van der Waals surface area (Å²) in [5, 5.41) is 21.3. The molecule has 0 aromatic heterocycles. The molecule has 6 unspecified atom stereocenters. The van der Waals surface area contributed by atoms with Crippen LogP contribution in [0.4, 0.5) is 0 Å². The van der Waals surface area contributed by atoms with E-state index in [-0.39, 0.29) is 18.2 Å². The summed E-state index contributed by atoms with van der Waals surface area (Å²) >= 11 is 0. The van der Waals surface area contributed by atoms with Crippen LogP contribution in [-0.4, -0.2) is 97.3 Å². The van der Waals surface area contributed by atoms with Crippen molar-refractivity contribution in [3.05, 3.63) is 0 Å². The zero-order valence-corrected chi connectivity index (χ0v) is 21.3. The Balaban J connectivity index is 1.12. The number of nitrogens with one attached hydrogen (secondary N) is 3. The van der Waals surface area contributed by atoms with Gasteiger partial charge in [0.05, 0.1) is 24.5 Å². The average molecular weight is 478 g/mol. The summed E-state index contributed by atoms with van der Waals surface area (Å²) in [7, 11) is 1.86. The highest BCUT2D eigenvalue weighted by Crippen LogP contribution is 2.35. The number of carbonyl (C=O) groups is 1. The standard InChI is InChI=1S/C26H47N5O3/c1-17-15-19(5-8-22(17)26(33)30-12-9-20(32)10-13-30)29-24-25-28-16-23(31(25)14-11-27-24)18-3-6-21(34-2)7-4-18/h17-25,27-29,32H,3-16H2,1-2H3. The minimum absolute atomic E-state index is 0.139. The molecule has 4 N–H and O–H groups in total. The molecule has 8 heteroatoms. The van der Waals surface area contributed by atoms with E-state index in [0.29, 0.717) is 49.3 Å². The van der Waals surface area contributed by atoms with Crippen LogP contribution in [-0.2, 0) is 9.53 Å². The zero-order chi connectivity index (χ0) is 23.7. The molecule has 5 fully saturated rings. The van der Waals surface area contributed by atoms with Crippen molar-refractivity contribution in [1.29, 1.82) is 0 Å². The van der Waals surface area contributed by atoms with E-state index in [2.05, 4.69) is 27.8 Å². The van der Waals surface area contributed by atoms with Gasteiger partial charge in [0.15, 0.2) is 0 Å². The largest absolute Gasteiger partial charge is 0.393 e. The van der Waals surface area contributed by atoms with Gasteiger partial charge in [0, 0.05) is 57.8 Å². The van der Waals surface area contributed by atoms with E-state index in [1.54, 1.807) is 0 Å². The summed E-state index contributed by atoms with van der Waals surface area (Å²) in [6.45, 7) is 6.94. The van der Waals surface area contributed by atoms with Crippen LogP contribution in [0.15, 0.2) is 0 Å². The van der Waals surface area contributed by atoms with Gasteiger partial charge in [0.2, 0.25) is 5.91 Å². The van der Waals surface area contributed by atoms with E-state index < -0.39 is 0 Å². The lowest BCUT2D eigenvalue weighted by Crippen LogP contribution is -2.67. The number of methoxy groups -OCH3 is 1. The number of ether oxygens (including phenoxy) is 1. The van der Waals surface area contributed by atoms with Crippen molar-refractivity contribution in [2.24, 2.45) is 17.8 Å². The quantitative estimate of drug-likeness (QED) is 0.472. The molecule has 5 rings (SSSR count). The maximum absolute atomic E-state index is 13.1. The second kappa shape index (κ2) is 11.1. The number of nitrogens with zero attached hydrogens (tertiary/aromatic N) is 2. The molecule has 2 saturated carbocycles. The first-order valence-electron chi connectivity index (χ1n) is 14.0. The molecule has 3 aliphatic heterocycles. The van der Waals surface area contributed by atoms with Gasteiger partial charge in [-0.25, -0.2) is 0 Å². The molecule has 34 heavy (non-hydrogen) atoms. The third-order valence-electron chi connectivity index (χ3n) is 9.64. The number of rotatable bonds is 5. The predicted octanol–water partition coefficient (Wildman–Crippen LogP) is 1.10. The Kier molecular flexibility index (Phi) is 8.13. The highest BCUT2D eigenvalue weighted by atomic mass is 16.5. The number of likely N-dealkylation sites (tertiary alicyclic amines) is 1. The van der Waals surface area contributed by atoms with Gasteiger partial charge in [-0.1, -0.05) is 6.92 Å². The van der Waals surface area contributed by atoms with Gasteiger partial charge >= 0.3 is 0 Å². The first kappa shape index (κ1) is 24.9. The first-order chi connectivity index (χ1) is 16.5. The van der Waals surface area contributed by atoms with Crippen LogP contribution in [0.25, 0.3) is 0 Å². The van der Waals surface area contributed by atoms with E-state index in [9.17, 15) is 9.90 Å². The molecule has 0 radical (unpaired) electrons. The van der Waals surface area contributed by atoms with Gasteiger partial charge < -0.3 is 14.7 Å². The number of aliphatic hydroxyl groups is 1. The van der Waals surface area contributed by atoms with Crippen molar-refractivity contribution >= 4 is 5.91 Å². The third-order valence-corrected chi connectivity index (χ3v) is 9.64. The molecule has 8 nitrogen and oxygen atoms in total. The Morgan fingerprint density at radius 1 is 1.00 bits per heavy atom. The molecule has 6 atom stereocenters. The van der Waals surface area contributed by atoms with Crippen LogP contribution < -0.4 is 16.0 Å². The average Bonchev–Trinajstić information content (AvgIpc) is 3.29. The fourth-order valence-corrected chi connectivity index (χ4v) is 7.54. The summed E-state index contributed by atoms with van der Waals surface area (Å²) < 4.78 is 5.60. The second-order valence-corrected chi connectivity index (χ2v) is 11.7. The minimum atomic E-state index is -0.229. The normalized spacial score (nSPS) is 42.5. The van der Waals surface area contributed by atoms with Gasteiger partial charge in [-0.05, 0) is 69.6 Å². The van der Waals surface area contributed by atoms with Crippen LogP contribution in [0.3, 0.4) is 0 Å². The lowest BCUT2D eigenvalue weighted by molar-refractivity contribution is -0.140. The Labute approximate surface area is 205 Å². The molecule has 3 heterocycles. The van der Waals surface area contributed by atoms with E-state index in [0.717, 1.165) is 57.7 Å². The van der Waals surface area contributed by atoms with Crippen LogP contribution in [0.1, 0.15) is 64.7 Å². The molecule has 0 spiro atoms. The number of piperazine rings is 1. The lowest BCUT2D eigenvalue weighted by atomic mass is 9.77. The molecule has 194 valence electrons. The molecule has 2 aliphatic carbocycles. The van der Waals surface area contributed by atoms with Gasteiger partial charge in [0.1, 0.15) is 0 Å². The topological polar surface area (TPSA) is 89.1 Å². The molecule has 1 amide bonds. The van der Waals surface area contributed by atoms with E-state index in [1.807, 2.05) is 12.0 Å². The molecular weight excluding hydrogens is 430 g/mol. The molecule has 3 saturated heterocycles. The van der Waals surface area contributed by atoms with Crippen molar-refractivity contribution in [1.82, 2.24) is 25.8 Å². The van der Waals surface area contributed by atoms with E-state index >= 15 is 0 Å². The van der Waals surface area contributed by atoms with Crippen molar-refractivity contribution in [3.8, 4) is 0 Å². The molecule has 0 aromatic rings. The minimum Gasteiger partial charge on any atom is -0.393 e. The Morgan fingerprint density at radius 3 is 2.47 bits per heavy atom. The van der Waals surface area contributed by atoms with E-state index in [4.69, 9.17) is 4.74 Å². The molecule has 5 aliphatic rings. The SMILES string of the molecule is COC1CCC(C2CNC3C(NC4CCC(C(=O)N5CCC(O)CC5)C(C)C4)NCCN23)CC1. The number of carbonyl (C=O) groups excluding carboxylic acids is 1. The Hall–Kier alpha value is -0.770. The van der Waals surface area contributed by atoms with Gasteiger partial charge in [-0.3, -0.25) is 25.6 Å². The summed E-state index contributed by atoms with van der Waals surface area (Å²) in [4.78, 5) is 17.9. The number of aliphatic hydroxyl groups excluding tert-OH is 1. The fourth-order valence-electron chi connectivity index (χ4n) is 7.54. The highest BCUT2D eigenvalue weighted by Gasteiger charge is 2.45. The number of hydrogen-bond donors (Lipinski definition) is 4. The summed E-state index contributed by atoms with van der Waals surface area (Å²) in [6, 6.07) is 1.10. The molecular formula is C26H47N5O3. The highest BCUT2D eigenvalue weighted by molar-refractivity contribution is 5.79. The maximum atomic E-state index is 13.1. The third kappa shape index (κ3) is 5.32. The predicted molar refractivity (Wildman–Crippen MR) is 132 cm³/mol. The number of fused-ring (bicyclic) bond motifs is 1. The van der Waals surface area contributed by atoms with Crippen LogP contribution in [0.2, 0.25) is 0 Å². The van der Waals surface area contributed by atoms with Gasteiger partial charge in [-0.2, -0.15) is 0 Å². The smallest absolute Gasteiger partial charge is 0.225 e. The van der Waals surface area contributed by atoms with Gasteiger partial charge in [-0.15, -0.1) is 0 Å². The second-order valence-electron chi connectivity index (χ2n) is 11.7.